The van der Waals surface area contributed by atoms with Crippen LogP contribution in [-0.4, -0.2) is 49.7 Å². The van der Waals surface area contributed by atoms with Gasteiger partial charge in [0.25, 0.3) is 20.2 Å². The van der Waals surface area contributed by atoms with Gasteiger partial charge in [0.15, 0.2) is 0 Å². The summed E-state index contributed by atoms with van der Waals surface area (Å²) < 4.78 is 64.2. The van der Waals surface area contributed by atoms with Gasteiger partial charge in [0.2, 0.25) is 0 Å². The fourth-order valence-electron chi connectivity index (χ4n) is 1.22. The molecule has 0 amide bonds. The normalized spacial score (nSPS) is 12.6. The Hall–Kier alpha value is -1.10. The van der Waals surface area contributed by atoms with Gasteiger partial charge in [-0.15, -0.1) is 24.7 Å². The zero-order valence-electron chi connectivity index (χ0n) is 9.94. The molecule has 0 saturated carbocycles. The van der Waals surface area contributed by atoms with Crippen molar-refractivity contribution < 1.29 is 30.7 Å². The lowest BCUT2D eigenvalue weighted by molar-refractivity contribution is 0.119. The molecule has 0 aromatic carbocycles. The van der Waals surface area contributed by atoms with Gasteiger partial charge in [-0.2, -0.15) is 16.8 Å². The summed E-state index contributed by atoms with van der Waals surface area (Å²) in [4.78, 5) is 0. The van der Waals surface area contributed by atoms with Gasteiger partial charge in [0, 0.05) is 12.8 Å². The number of hydrogen-bond donors (Lipinski definition) is 2. The van der Waals surface area contributed by atoms with Gasteiger partial charge in [-0.3, -0.25) is 9.11 Å². The van der Waals surface area contributed by atoms with Gasteiger partial charge < -0.3 is 4.74 Å². The summed E-state index contributed by atoms with van der Waals surface area (Å²) in [6.07, 6.45) is 9.28. The standard InChI is InChI=1S/C10H14O7S2/c1-3-5-10(6-4-2,19(14,15)16)9-17-7-8-18(11,12)13/h1-2H,5-9H2,(H,11,12,13)(H,14,15,16). The van der Waals surface area contributed by atoms with E-state index in [2.05, 4.69) is 11.8 Å². The van der Waals surface area contributed by atoms with Crippen LogP contribution in [0.15, 0.2) is 0 Å². The molecule has 0 spiro atoms. The first-order valence-corrected chi connectivity index (χ1v) is 8.00. The molecule has 0 atom stereocenters. The predicted octanol–water partition coefficient (Wildman–Crippen LogP) is -0.436. The topological polar surface area (TPSA) is 118 Å². The van der Waals surface area contributed by atoms with Crippen LogP contribution in [0, 0.1) is 24.7 Å². The molecule has 0 aromatic heterocycles. The highest BCUT2D eigenvalue weighted by Gasteiger charge is 2.42. The Morgan fingerprint density at radius 2 is 1.53 bits per heavy atom. The third-order valence-electron chi connectivity index (χ3n) is 2.25. The van der Waals surface area contributed by atoms with Crippen LogP contribution in [0.2, 0.25) is 0 Å². The van der Waals surface area contributed by atoms with Crippen LogP contribution in [0.25, 0.3) is 0 Å². The van der Waals surface area contributed by atoms with Crippen molar-refractivity contribution in [2.45, 2.75) is 17.6 Å². The average Bonchev–Trinajstić information content (AvgIpc) is 2.21. The first kappa shape index (κ1) is 17.9. The maximum Gasteiger partial charge on any atom is 0.274 e. The Morgan fingerprint density at radius 1 is 1.05 bits per heavy atom. The van der Waals surface area contributed by atoms with Crippen molar-refractivity contribution >= 4 is 20.2 Å². The van der Waals surface area contributed by atoms with E-state index < -0.39 is 43.9 Å². The molecular formula is C10H14O7S2. The third-order valence-corrected chi connectivity index (χ3v) is 4.43. The second kappa shape index (κ2) is 6.89. The zero-order valence-corrected chi connectivity index (χ0v) is 11.6. The maximum atomic E-state index is 11.3. The van der Waals surface area contributed by atoms with Crippen molar-refractivity contribution in [2.24, 2.45) is 0 Å². The van der Waals surface area contributed by atoms with Crippen molar-refractivity contribution in [3.05, 3.63) is 0 Å². The summed E-state index contributed by atoms with van der Waals surface area (Å²) in [6.45, 7) is -1.03. The monoisotopic (exact) mass is 310 g/mol. The van der Waals surface area contributed by atoms with E-state index >= 15 is 0 Å². The largest absolute Gasteiger partial charge is 0.378 e. The van der Waals surface area contributed by atoms with E-state index in [1.165, 1.54) is 0 Å². The van der Waals surface area contributed by atoms with E-state index in [-0.39, 0.29) is 12.8 Å². The van der Waals surface area contributed by atoms with Gasteiger partial charge in [0.1, 0.15) is 4.75 Å². The SMILES string of the molecule is C#CCC(CC#C)(COCCS(=O)(=O)O)S(=O)(=O)O. The maximum absolute atomic E-state index is 11.3. The summed E-state index contributed by atoms with van der Waals surface area (Å²) in [6, 6.07) is 0. The van der Waals surface area contributed by atoms with E-state index in [0.29, 0.717) is 0 Å². The first-order chi connectivity index (χ1) is 8.58. The average molecular weight is 310 g/mol. The fraction of sp³-hybridized carbons (Fsp3) is 0.600. The minimum absolute atomic E-state index is 0.387. The van der Waals surface area contributed by atoms with E-state index in [9.17, 15) is 21.4 Å². The van der Waals surface area contributed by atoms with Gasteiger partial charge in [-0.1, -0.05) is 0 Å². The lowest BCUT2D eigenvalue weighted by atomic mass is 10.0. The molecule has 108 valence electrons. The van der Waals surface area contributed by atoms with E-state index in [0.717, 1.165) is 0 Å². The quantitative estimate of drug-likeness (QED) is 0.354. The predicted molar refractivity (Wildman–Crippen MR) is 68.4 cm³/mol. The molecule has 0 aromatic rings. The highest BCUT2D eigenvalue weighted by atomic mass is 32.2. The van der Waals surface area contributed by atoms with Gasteiger partial charge in [-0.25, -0.2) is 0 Å². The van der Waals surface area contributed by atoms with Crippen molar-refractivity contribution in [1.29, 1.82) is 0 Å². The molecule has 0 aliphatic rings. The van der Waals surface area contributed by atoms with Gasteiger partial charge in [-0.05, 0) is 0 Å². The summed E-state index contributed by atoms with van der Waals surface area (Å²) in [5, 5.41) is 0. The Morgan fingerprint density at radius 3 is 1.84 bits per heavy atom. The van der Waals surface area contributed by atoms with Crippen molar-refractivity contribution in [1.82, 2.24) is 0 Å². The molecule has 0 fully saturated rings. The molecule has 0 bridgehead atoms. The van der Waals surface area contributed by atoms with E-state index in [1.54, 1.807) is 0 Å². The number of rotatable bonds is 8. The van der Waals surface area contributed by atoms with E-state index in [1.807, 2.05) is 0 Å². The van der Waals surface area contributed by atoms with Crippen LogP contribution in [0.3, 0.4) is 0 Å². The van der Waals surface area contributed by atoms with Gasteiger partial charge in [0.05, 0.1) is 19.0 Å². The lowest BCUT2D eigenvalue weighted by Crippen LogP contribution is -2.43. The molecule has 0 unspecified atom stereocenters. The highest BCUT2D eigenvalue weighted by Crippen LogP contribution is 2.25. The zero-order chi connectivity index (χ0) is 15.2. The molecule has 0 rings (SSSR count). The van der Waals surface area contributed by atoms with E-state index in [4.69, 9.17) is 22.1 Å². The Bertz CT molecular complexity index is 558. The summed E-state index contributed by atoms with van der Waals surface area (Å²) in [7, 11) is -8.81. The molecule has 9 heteroatoms. The second-order valence-electron chi connectivity index (χ2n) is 3.76. The highest BCUT2D eigenvalue weighted by molar-refractivity contribution is 7.87. The Kier molecular flexibility index (Phi) is 6.49. The molecule has 2 N–H and O–H groups in total. The van der Waals surface area contributed by atoms with Crippen molar-refractivity contribution in [3.8, 4) is 24.7 Å². The molecule has 0 saturated heterocycles. The molecule has 7 nitrogen and oxygen atoms in total. The Labute approximate surface area is 112 Å². The van der Waals surface area contributed by atoms with Crippen molar-refractivity contribution in [3.63, 3.8) is 0 Å². The molecule has 0 heterocycles. The summed E-state index contributed by atoms with van der Waals surface area (Å²) in [5.74, 6) is 3.44. The molecular weight excluding hydrogens is 296 g/mol. The smallest absolute Gasteiger partial charge is 0.274 e. The second-order valence-corrected chi connectivity index (χ2v) is 7.15. The van der Waals surface area contributed by atoms with Crippen LogP contribution in [0.4, 0.5) is 0 Å². The summed E-state index contributed by atoms with van der Waals surface area (Å²) in [5.41, 5.74) is 0. The number of ether oxygens (including phenoxy) is 1. The minimum atomic E-state index is -4.59. The van der Waals surface area contributed by atoms with Crippen LogP contribution in [0.5, 0.6) is 0 Å². The van der Waals surface area contributed by atoms with Crippen molar-refractivity contribution in [2.75, 3.05) is 19.0 Å². The van der Waals surface area contributed by atoms with Gasteiger partial charge >= 0.3 is 0 Å². The fourth-order valence-corrected chi connectivity index (χ4v) is 2.31. The molecule has 0 radical (unpaired) electrons. The minimum Gasteiger partial charge on any atom is -0.378 e. The van der Waals surface area contributed by atoms with Crippen LogP contribution in [-0.2, 0) is 25.0 Å². The molecule has 19 heavy (non-hydrogen) atoms. The molecule has 0 aliphatic carbocycles. The van der Waals surface area contributed by atoms with Crippen LogP contribution < -0.4 is 0 Å². The lowest BCUT2D eigenvalue weighted by Gasteiger charge is -2.26. The number of hydrogen-bond acceptors (Lipinski definition) is 5. The van der Waals surface area contributed by atoms with Crippen LogP contribution >= 0.6 is 0 Å². The third kappa shape index (κ3) is 6.05. The summed E-state index contributed by atoms with van der Waals surface area (Å²) >= 11 is 0. The number of terminal acetylenes is 2. The molecule has 0 aliphatic heterocycles. The Balaban J connectivity index is 4.89. The first-order valence-electron chi connectivity index (χ1n) is 4.95. The van der Waals surface area contributed by atoms with Crippen LogP contribution in [0.1, 0.15) is 12.8 Å².